The number of aryl methyl sites for hydroxylation is 1. The average Bonchev–Trinajstić information content (AvgIpc) is 2.26. The molecule has 0 unspecified atom stereocenters. The van der Waals surface area contributed by atoms with Crippen molar-refractivity contribution in [2.75, 3.05) is 18.5 Å². The minimum absolute atomic E-state index is 0.463. The van der Waals surface area contributed by atoms with Gasteiger partial charge in [0.05, 0.1) is 0 Å². The molecule has 1 aromatic heterocycles. The molecule has 4 nitrogen and oxygen atoms in total. The van der Waals surface area contributed by atoms with Gasteiger partial charge in [-0.15, -0.1) is 0 Å². The van der Waals surface area contributed by atoms with E-state index < -0.39 is 0 Å². The van der Waals surface area contributed by atoms with Crippen molar-refractivity contribution in [1.29, 1.82) is 0 Å². The highest BCUT2D eigenvalue weighted by molar-refractivity contribution is 5.32. The van der Waals surface area contributed by atoms with Crippen molar-refractivity contribution >= 4 is 5.95 Å². The van der Waals surface area contributed by atoms with Crippen LogP contribution in [0.3, 0.4) is 0 Å². The van der Waals surface area contributed by atoms with Crippen LogP contribution in [0.2, 0.25) is 0 Å². The van der Waals surface area contributed by atoms with E-state index in [9.17, 15) is 0 Å². The van der Waals surface area contributed by atoms with Gasteiger partial charge in [0.15, 0.2) is 0 Å². The molecular formula is C11H17N3O. The van der Waals surface area contributed by atoms with E-state index in [1.807, 2.05) is 6.92 Å². The van der Waals surface area contributed by atoms with Gasteiger partial charge >= 0.3 is 0 Å². The molecule has 0 aliphatic rings. The highest BCUT2D eigenvalue weighted by atomic mass is 16.5. The lowest BCUT2D eigenvalue weighted by atomic mass is 10.4. The van der Waals surface area contributed by atoms with Crippen LogP contribution in [0.4, 0.5) is 5.95 Å². The van der Waals surface area contributed by atoms with Gasteiger partial charge in [0, 0.05) is 18.3 Å². The maximum absolute atomic E-state index is 5.40. The van der Waals surface area contributed by atoms with E-state index in [0.717, 1.165) is 18.5 Å². The molecule has 0 saturated heterocycles. The second-order valence-electron chi connectivity index (χ2n) is 3.21. The Kier molecular flexibility index (Phi) is 4.60. The zero-order valence-corrected chi connectivity index (χ0v) is 9.29. The van der Waals surface area contributed by atoms with Crippen LogP contribution in [0.15, 0.2) is 18.9 Å². The molecule has 0 atom stereocenters. The number of aromatic nitrogens is 2. The monoisotopic (exact) mass is 207 g/mol. The second-order valence-corrected chi connectivity index (χ2v) is 3.21. The van der Waals surface area contributed by atoms with Gasteiger partial charge in [-0.3, -0.25) is 0 Å². The summed E-state index contributed by atoms with van der Waals surface area (Å²) >= 11 is 0. The van der Waals surface area contributed by atoms with Crippen molar-refractivity contribution < 1.29 is 4.74 Å². The number of nitrogens with one attached hydrogen (secondary N) is 1. The number of nitrogens with zero attached hydrogens (tertiary/aromatic N) is 2. The Morgan fingerprint density at radius 3 is 3.07 bits per heavy atom. The summed E-state index contributed by atoms with van der Waals surface area (Å²) in [5, 5.41) is 3.11. The van der Waals surface area contributed by atoms with Gasteiger partial charge in [-0.25, -0.2) is 4.98 Å². The Morgan fingerprint density at radius 2 is 2.40 bits per heavy atom. The molecule has 0 fully saturated rings. The molecule has 0 radical (unpaired) electrons. The SMILES string of the molecule is C=CCOc1nc(NCCC)ncc1C. The molecule has 1 rings (SSSR count). The molecule has 0 saturated carbocycles. The first-order chi connectivity index (χ1) is 7.27. The third-order valence-corrected chi connectivity index (χ3v) is 1.80. The molecule has 0 aromatic carbocycles. The molecule has 1 N–H and O–H groups in total. The Balaban J connectivity index is 2.70. The summed E-state index contributed by atoms with van der Waals surface area (Å²) in [4.78, 5) is 8.41. The maximum Gasteiger partial charge on any atom is 0.225 e. The van der Waals surface area contributed by atoms with Gasteiger partial charge in [0.2, 0.25) is 11.8 Å². The molecule has 1 aromatic rings. The van der Waals surface area contributed by atoms with Crippen LogP contribution in [0, 0.1) is 6.92 Å². The summed E-state index contributed by atoms with van der Waals surface area (Å²) in [5.41, 5.74) is 0.930. The zero-order chi connectivity index (χ0) is 11.1. The quantitative estimate of drug-likeness (QED) is 0.726. The third-order valence-electron chi connectivity index (χ3n) is 1.80. The van der Waals surface area contributed by atoms with Crippen LogP contribution in [-0.4, -0.2) is 23.1 Å². The van der Waals surface area contributed by atoms with Crippen molar-refractivity contribution in [2.24, 2.45) is 0 Å². The van der Waals surface area contributed by atoms with Gasteiger partial charge < -0.3 is 10.1 Å². The Hall–Kier alpha value is -1.58. The molecule has 1 heterocycles. The van der Waals surface area contributed by atoms with Crippen LogP contribution in [0.1, 0.15) is 18.9 Å². The number of hydrogen-bond acceptors (Lipinski definition) is 4. The lowest BCUT2D eigenvalue weighted by Gasteiger charge is -2.08. The molecule has 4 heteroatoms. The van der Waals surface area contributed by atoms with Gasteiger partial charge in [0.25, 0.3) is 0 Å². The smallest absolute Gasteiger partial charge is 0.225 e. The van der Waals surface area contributed by atoms with Crippen molar-refractivity contribution in [3.63, 3.8) is 0 Å². The fourth-order valence-corrected chi connectivity index (χ4v) is 1.03. The summed E-state index contributed by atoms with van der Waals surface area (Å²) < 4.78 is 5.40. The molecule has 0 bridgehead atoms. The Bertz CT molecular complexity index is 326. The number of rotatable bonds is 6. The predicted octanol–water partition coefficient (Wildman–Crippen LogP) is 2.17. The van der Waals surface area contributed by atoms with Crippen LogP contribution >= 0.6 is 0 Å². The predicted molar refractivity (Wildman–Crippen MR) is 61.2 cm³/mol. The van der Waals surface area contributed by atoms with E-state index in [1.165, 1.54) is 0 Å². The zero-order valence-electron chi connectivity index (χ0n) is 9.29. The number of anilines is 1. The first kappa shape index (κ1) is 11.5. The number of ether oxygens (including phenoxy) is 1. The van der Waals surface area contributed by atoms with Crippen LogP contribution in [0.5, 0.6) is 5.88 Å². The van der Waals surface area contributed by atoms with E-state index in [1.54, 1.807) is 12.3 Å². The van der Waals surface area contributed by atoms with E-state index >= 15 is 0 Å². The largest absolute Gasteiger partial charge is 0.473 e. The normalized spacial score (nSPS) is 9.73. The van der Waals surface area contributed by atoms with E-state index in [-0.39, 0.29) is 0 Å². The second kappa shape index (κ2) is 6.01. The fraction of sp³-hybridized carbons (Fsp3) is 0.455. The minimum atomic E-state index is 0.463. The van der Waals surface area contributed by atoms with Crippen molar-refractivity contribution in [2.45, 2.75) is 20.3 Å². The first-order valence-electron chi connectivity index (χ1n) is 5.09. The molecule has 82 valence electrons. The van der Waals surface area contributed by atoms with Crippen LogP contribution < -0.4 is 10.1 Å². The standard InChI is InChI=1S/C11H17N3O/c1-4-6-12-11-13-8-9(3)10(14-11)15-7-5-2/h5,8H,2,4,6-7H2,1,3H3,(H,12,13,14). The van der Waals surface area contributed by atoms with Crippen molar-refractivity contribution in [1.82, 2.24) is 9.97 Å². The van der Waals surface area contributed by atoms with E-state index in [4.69, 9.17) is 4.74 Å². The molecule has 0 spiro atoms. The fourth-order valence-electron chi connectivity index (χ4n) is 1.03. The molecule has 0 aliphatic heterocycles. The van der Waals surface area contributed by atoms with E-state index in [0.29, 0.717) is 18.4 Å². The van der Waals surface area contributed by atoms with E-state index in [2.05, 4.69) is 28.8 Å². The molecule has 0 aliphatic carbocycles. The first-order valence-corrected chi connectivity index (χ1v) is 5.09. The van der Waals surface area contributed by atoms with Gasteiger partial charge in [0.1, 0.15) is 6.61 Å². The Morgan fingerprint density at radius 1 is 1.60 bits per heavy atom. The number of hydrogen-bond donors (Lipinski definition) is 1. The lowest BCUT2D eigenvalue weighted by Crippen LogP contribution is -2.06. The molecule has 15 heavy (non-hydrogen) atoms. The van der Waals surface area contributed by atoms with Crippen molar-refractivity contribution in [3.8, 4) is 5.88 Å². The van der Waals surface area contributed by atoms with Crippen molar-refractivity contribution in [3.05, 3.63) is 24.4 Å². The topological polar surface area (TPSA) is 47.0 Å². The summed E-state index contributed by atoms with van der Waals surface area (Å²) in [5.74, 6) is 1.23. The summed E-state index contributed by atoms with van der Waals surface area (Å²) in [6.07, 6.45) is 4.49. The highest BCUT2D eigenvalue weighted by Crippen LogP contribution is 2.14. The van der Waals surface area contributed by atoms with Gasteiger partial charge in [-0.2, -0.15) is 4.98 Å². The Labute approximate surface area is 90.4 Å². The lowest BCUT2D eigenvalue weighted by molar-refractivity contribution is 0.345. The van der Waals surface area contributed by atoms with Crippen LogP contribution in [0.25, 0.3) is 0 Å². The average molecular weight is 207 g/mol. The maximum atomic E-state index is 5.40. The third kappa shape index (κ3) is 3.58. The van der Waals surface area contributed by atoms with Gasteiger partial charge in [-0.1, -0.05) is 19.6 Å². The molecule has 0 amide bonds. The summed E-state index contributed by atoms with van der Waals surface area (Å²) in [6, 6.07) is 0. The summed E-state index contributed by atoms with van der Waals surface area (Å²) in [6.45, 7) is 8.93. The van der Waals surface area contributed by atoms with Gasteiger partial charge in [-0.05, 0) is 13.3 Å². The molecular weight excluding hydrogens is 190 g/mol. The highest BCUT2D eigenvalue weighted by Gasteiger charge is 2.03. The minimum Gasteiger partial charge on any atom is -0.473 e. The summed E-state index contributed by atoms with van der Waals surface area (Å²) in [7, 11) is 0. The van der Waals surface area contributed by atoms with Crippen LogP contribution in [-0.2, 0) is 0 Å².